The SMILES string of the molecule is Cc1c(C2CCC(O)CC2)cccc1N1CCOCC1. The van der Waals surface area contributed by atoms with Crippen LogP contribution in [0.25, 0.3) is 0 Å². The molecule has 1 heterocycles. The predicted octanol–water partition coefficient (Wildman–Crippen LogP) is 2.85. The van der Waals surface area contributed by atoms with Crippen molar-refractivity contribution in [2.24, 2.45) is 0 Å². The first-order valence-electron chi connectivity index (χ1n) is 7.86. The molecule has 1 N–H and O–H groups in total. The average molecular weight is 275 g/mol. The van der Waals surface area contributed by atoms with E-state index in [9.17, 15) is 5.11 Å². The average Bonchev–Trinajstić information content (AvgIpc) is 2.49. The van der Waals surface area contributed by atoms with Gasteiger partial charge in [-0.15, -0.1) is 0 Å². The Morgan fingerprint density at radius 1 is 1.10 bits per heavy atom. The Labute approximate surface area is 121 Å². The van der Waals surface area contributed by atoms with Crippen LogP contribution in [0.15, 0.2) is 18.2 Å². The number of rotatable bonds is 2. The number of ether oxygens (including phenoxy) is 1. The molecule has 20 heavy (non-hydrogen) atoms. The van der Waals surface area contributed by atoms with Crippen LogP contribution >= 0.6 is 0 Å². The van der Waals surface area contributed by atoms with Gasteiger partial charge in [-0.2, -0.15) is 0 Å². The molecule has 0 bridgehead atoms. The van der Waals surface area contributed by atoms with Gasteiger partial charge in [0, 0.05) is 18.8 Å². The number of hydrogen-bond acceptors (Lipinski definition) is 3. The van der Waals surface area contributed by atoms with Gasteiger partial charge in [0.2, 0.25) is 0 Å². The van der Waals surface area contributed by atoms with Crippen LogP contribution in [-0.4, -0.2) is 37.5 Å². The summed E-state index contributed by atoms with van der Waals surface area (Å²) in [4.78, 5) is 2.44. The molecule has 1 aromatic rings. The lowest BCUT2D eigenvalue weighted by Crippen LogP contribution is -2.36. The molecular formula is C17H25NO2. The Kier molecular flexibility index (Phi) is 4.27. The Bertz CT molecular complexity index is 446. The Hall–Kier alpha value is -1.06. The molecule has 1 saturated carbocycles. The minimum atomic E-state index is -0.0750. The van der Waals surface area contributed by atoms with Crippen molar-refractivity contribution in [3.63, 3.8) is 0 Å². The molecular weight excluding hydrogens is 250 g/mol. The third kappa shape index (κ3) is 2.84. The van der Waals surface area contributed by atoms with E-state index >= 15 is 0 Å². The van der Waals surface area contributed by atoms with Gasteiger partial charge < -0.3 is 14.7 Å². The maximum atomic E-state index is 9.68. The standard InChI is InChI=1S/C17H25NO2/c1-13-16(14-5-7-15(19)8-6-14)3-2-4-17(13)18-9-11-20-12-10-18/h2-4,14-15,19H,5-12H2,1H3. The highest BCUT2D eigenvalue weighted by atomic mass is 16.5. The second-order valence-corrected chi connectivity index (χ2v) is 6.10. The number of aliphatic hydroxyl groups is 1. The van der Waals surface area contributed by atoms with Crippen LogP contribution in [0.1, 0.15) is 42.7 Å². The highest BCUT2D eigenvalue weighted by molar-refractivity contribution is 5.57. The fourth-order valence-corrected chi connectivity index (χ4v) is 3.62. The summed E-state index contributed by atoms with van der Waals surface area (Å²) in [6.45, 7) is 5.91. The van der Waals surface area contributed by atoms with Crippen molar-refractivity contribution in [3.05, 3.63) is 29.3 Å². The van der Waals surface area contributed by atoms with E-state index in [-0.39, 0.29) is 6.10 Å². The van der Waals surface area contributed by atoms with Crippen LogP contribution in [-0.2, 0) is 4.74 Å². The molecule has 2 aliphatic rings. The van der Waals surface area contributed by atoms with Crippen LogP contribution in [0.5, 0.6) is 0 Å². The summed E-state index contributed by atoms with van der Waals surface area (Å²) in [6, 6.07) is 6.71. The van der Waals surface area contributed by atoms with Gasteiger partial charge in [-0.3, -0.25) is 0 Å². The molecule has 3 nitrogen and oxygen atoms in total. The van der Waals surface area contributed by atoms with Gasteiger partial charge in [-0.05, 0) is 55.7 Å². The summed E-state index contributed by atoms with van der Waals surface area (Å²) >= 11 is 0. The van der Waals surface area contributed by atoms with E-state index in [0.29, 0.717) is 5.92 Å². The van der Waals surface area contributed by atoms with Crippen LogP contribution in [0.4, 0.5) is 5.69 Å². The molecule has 3 rings (SSSR count). The first-order chi connectivity index (χ1) is 9.75. The first-order valence-corrected chi connectivity index (χ1v) is 7.86. The molecule has 110 valence electrons. The van der Waals surface area contributed by atoms with Gasteiger partial charge in [-0.1, -0.05) is 12.1 Å². The number of benzene rings is 1. The number of nitrogens with zero attached hydrogens (tertiary/aromatic N) is 1. The van der Waals surface area contributed by atoms with Crippen molar-refractivity contribution in [2.75, 3.05) is 31.2 Å². The quantitative estimate of drug-likeness (QED) is 0.901. The maximum absolute atomic E-state index is 9.68. The normalized spacial score (nSPS) is 27.6. The van der Waals surface area contributed by atoms with Gasteiger partial charge >= 0.3 is 0 Å². The van der Waals surface area contributed by atoms with E-state index in [2.05, 4.69) is 30.0 Å². The summed E-state index contributed by atoms with van der Waals surface area (Å²) in [5, 5.41) is 9.68. The van der Waals surface area contributed by atoms with Gasteiger partial charge in [0.25, 0.3) is 0 Å². The zero-order valence-electron chi connectivity index (χ0n) is 12.3. The number of anilines is 1. The van der Waals surface area contributed by atoms with Crippen molar-refractivity contribution >= 4 is 5.69 Å². The van der Waals surface area contributed by atoms with Gasteiger partial charge in [0.05, 0.1) is 19.3 Å². The van der Waals surface area contributed by atoms with Gasteiger partial charge in [0.15, 0.2) is 0 Å². The molecule has 2 fully saturated rings. The molecule has 0 amide bonds. The highest BCUT2D eigenvalue weighted by Gasteiger charge is 2.23. The second kappa shape index (κ2) is 6.15. The molecule has 1 saturated heterocycles. The van der Waals surface area contributed by atoms with Crippen LogP contribution in [0, 0.1) is 6.92 Å². The molecule has 3 heteroatoms. The van der Waals surface area contributed by atoms with Crippen molar-refractivity contribution in [1.82, 2.24) is 0 Å². The molecule has 0 spiro atoms. The first kappa shape index (κ1) is 13.9. The van der Waals surface area contributed by atoms with E-state index < -0.39 is 0 Å². The molecule has 1 aliphatic heterocycles. The Morgan fingerprint density at radius 2 is 1.80 bits per heavy atom. The smallest absolute Gasteiger partial charge is 0.0642 e. The predicted molar refractivity (Wildman–Crippen MR) is 81.4 cm³/mol. The lowest BCUT2D eigenvalue weighted by molar-refractivity contribution is 0.121. The summed E-state index contributed by atoms with van der Waals surface area (Å²) < 4.78 is 5.45. The second-order valence-electron chi connectivity index (χ2n) is 6.10. The molecule has 0 unspecified atom stereocenters. The fraction of sp³-hybridized carbons (Fsp3) is 0.647. The van der Waals surface area contributed by atoms with E-state index in [4.69, 9.17) is 4.74 Å². The lowest BCUT2D eigenvalue weighted by atomic mass is 9.81. The van der Waals surface area contributed by atoms with E-state index in [0.717, 1.165) is 52.0 Å². The van der Waals surface area contributed by atoms with Crippen molar-refractivity contribution < 1.29 is 9.84 Å². The van der Waals surface area contributed by atoms with Gasteiger partial charge in [0.1, 0.15) is 0 Å². The Morgan fingerprint density at radius 3 is 2.50 bits per heavy atom. The van der Waals surface area contributed by atoms with Crippen molar-refractivity contribution in [2.45, 2.75) is 44.6 Å². The van der Waals surface area contributed by atoms with Crippen molar-refractivity contribution in [3.8, 4) is 0 Å². The van der Waals surface area contributed by atoms with E-state index in [1.807, 2.05) is 0 Å². The zero-order chi connectivity index (χ0) is 13.9. The summed E-state index contributed by atoms with van der Waals surface area (Å²) in [6.07, 6.45) is 4.06. The van der Waals surface area contributed by atoms with Crippen LogP contribution in [0.2, 0.25) is 0 Å². The third-order valence-electron chi connectivity index (χ3n) is 4.84. The van der Waals surface area contributed by atoms with Crippen LogP contribution in [0.3, 0.4) is 0 Å². The third-order valence-corrected chi connectivity index (χ3v) is 4.84. The maximum Gasteiger partial charge on any atom is 0.0642 e. The Balaban J connectivity index is 1.81. The van der Waals surface area contributed by atoms with Gasteiger partial charge in [-0.25, -0.2) is 0 Å². The fourth-order valence-electron chi connectivity index (χ4n) is 3.62. The van der Waals surface area contributed by atoms with E-state index in [1.165, 1.54) is 16.8 Å². The summed E-state index contributed by atoms with van der Waals surface area (Å²) in [5.74, 6) is 0.624. The minimum absolute atomic E-state index is 0.0750. The summed E-state index contributed by atoms with van der Waals surface area (Å²) in [7, 11) is 0. The number of aliphatic hydroxyl groups excluding tert-OH is 1. The van der Waals surface area contributed by atoms with Crippen LogP contribution < -0.4 is 4.90 Å². The summed E-state index contributed by atoms with van der Waals surface area (Å²) in [5.41, 5.74) is 4.29. The number of hydrogen-bond donors (Lipinski definition) is 1. The molecule has 0 aromatic heterocycles. The highest BCUT2D eigenvalue weighted by Crippen LogP contribution is 2.37. The minimum Gasteiger partial charge on any atom is -0.393 e. The van der Waals surface area contributed by atoms with Crippen molar-refractivity contribution in [1.29, 1.82) is 0 Å². The molecule has 1 aliphatic carbocycles. The lowest BCUT2D eigenvalue weighted by Gasteiger charge is -2.33. The zero-order valence-corrected chi connectivity index (χ0v) is 12.3. The molecule has 1 aromatic carbocycles. The van der Waals surface area contributed by atoms with E-state index in [1.54, 1.807) is 0 Å². The molecule has 0 radical (unpaired) electrons. The molecule has 0 atom stereocenters. The number of morpholine rings is 1. The monoisotopic (exact) mass is 275 g/mol. The topological polar surface area (TPSA) is 32.7 Å². The largest absolute Gasteiger partial charge is 0.393 e.